The molecule has 0 unspecified atom stereocenters. The van der Waals surface area contributed by atoms with Crippen LogP contribution in [0.1, 0.15) is 38.4 Å². The Labute approximate surface area is 149 Å². The number of H-pyrrole nitrogens is 1. The van der Waals surface area contributed by atoms with Gasteiger partial charge in [0.25, 0.3) is 0 Å². The third-order valence-corrected chi connectivity index (χ3v) is 4.64. The van der Waals surface area contributed by atoms with Crippen LogP contribution in [0, 0.1) is 0 Å². The van der Waals surface area contributed by atoms with Gasteiger partial charge in [-0.1, -0.05) is 30.3 Å². The molecule has 0 bridgehead atoms. The number of para-hydroxylation sites is 1. The molecular formula is C22H25NO2. The average Bonchev–Trinajstić information content (AvgIpc) is 2.99. The zero-order valence-electron chi connectivity index (χ0n) is 15.1. The molecule has 0 radical (unpaired) electrons. The minimum Gasteiger partial charge on any atom is -0.480 e. The molecule has 0 aliphatic rings. The molecule has 2 aromatic carbocycles. The van der Waals surface area contributed by atoms with Gasteiger partial charge in [-0.3, -0.25) is 4.79 Å². The van der Waals surface area contributed by atoms with Crippen molar-refractivity contribution in [1.29, 1.82) is 0 Å². The van der Waals surface area contributed by atoms with Crippen molar-refractivity contribution in [3.05, 3.63) is 65.9 Å². The Morgan fingerprint density at radius 2 is 1.76 bits per heavy atom. The van der Waals surface area contributed by atoms with Gasteiger partial charge in [-0.25, -0.2) is 0 Å². The number of fused-ring (bicyclic) bond motifs is 1. The van der Waals surface area contributed by atoms with Crippen LogP contribution in [0.5, 0.6) is 5.75 Å². The van der Waals surface area contributed by atoms with Crippen LogP contribution in [0.3, 0.4) is 0 Å². The smallest absolute Gasteiger partial charge is 0.172 e. The van der Waals surface area contributed by atoms with E-state index in [1.807, 2.05) is 12.1 Å². The van der Waals surface area contributed by atoms with E-state index in [0.717, 1.165) is 25.0 Å². The van der Waals surface area contributed by atoms with Crippen molar-refractivity contribution in [3.63, 3.8) is 0 Å². The summed E-state index contributed by atoms with van der Waals surface area (Å²) in [6, 6.07) is 18.7. The van der Waals surface area contributed by atoms with Gasteiger partial charge in [-0.15, -0.1) is 0 Å². The minimum atomic E-state index is -0.781. The van der Waals surface area contributed by atoms with Crippen molar-refractivity contribution < 1.29 is 9.53 Å². The molecular weight excluding hydrogens is 310 g/mol. The monoisotopic (exact) mass is 335 g/mol. The molecule has 3 heteroatoms. The molecule has 130 valence electrons. The minimum absolute atomic E-state index is 0.0231. The number of aromatic amines is 1. The largest absolute Gasteiger partial charge is 0.480 e. The molecule has 0 saturated carbocycles. The number of hydrogen-bond acceptors (Lipinski definition) is 2. The van der Waals surface area contributed by atoms with E-state index in [9.17, 15) is 4.79 Å². The highest BCUT2D eigenvalue weighted by Gasteiger charge is 2.25. The fourth-order valence-electron chi connectivity index (χ4n) is 2.84. The normalized spacial score (nSPS) is 11.6. The van der Waals surface area contributed by atoms with E-state index >= 15 is 0 Å². The first kappa shape index (κ1) is 17.3. The van der Waals surface area contributed by atoms with E-state index in [0.29, 0.717) is 0 Å². The molecule has 0 atom stereocenters. The van der Waals surface area contributed by atoms with Crippen LogP contribution in [-0.4, -0.2) is 16.4 Å². The van der Waals surface area contributed by atoms with Crippen LogP contribution in [0.25, 0.3) is 10.9 Å². The van der Waals surface area contributed by atoms with Gasteiger partial charge in [0.05, 0.1) is 0 Å². The Kier molecular flexibility index (Phi) is 4.93. The molecule has 1 heterocycles. The van der Waals surface area contributed by atoms with E-state index in [1.165, 1.54) is 22.2 Å². The summed E-state index contributed by atoms with van der Waals surface area (Å²) < 4.78 is 5.77. The Bertz CT molecular complexity index is 826. The average molecular weight is 335 g/mol. The van der Waals surface area contributed by atoms with Gasteiger partial charge in [0, 0.05) is 11.2 Å². The molecule has 0 spiro atoms. The summed E-state index contributed by atoms with van der Waals surface area (Å²) in [7, 11) is 0. The number of nitrogens with one attached hydrogen (secondary N) is 1. The second-order valence-electron chi connectivity index (χ2n) is 7.05. The summed E-state index contributed by atoms with van der Waals surface area (Å²) in [4.78, 5) is 15.0. The summed E-state index contributed by atoms with van der Waals surface area (Å²) in [5.41, 5.74) is 2.98. The maximum Gasteiger partial charge on any atom is 0.172 e. The summed E-state index contributed by atoms with van der Waals surface area (Å²) in [6.07, 6.45) is 3.14. The van der Waals surface area contributed by atoms with E-state index in [1.54, 1.807) is 20.8 Å². The second kappa shape index (κ2) is 7.14. The van der Waals surface area contributed by atoms with Crippen molar-refractivity contribution in [2.45, 2.75) is 45.6 Å². The topological polar surface area (TPSA) is 42.1 Å². The van der Waals surface area contributed by atoms with Gasteiger partial charge in [0.1, 0.15) is 5.75 Å². The second-order valence-corrected chi connectivity index (χ2v) is 7.05. The summed E-state index contributed by atoms with van der Waals surface area (Å²) in [5, 5.41) is 1.27. The number of carbonyl (C=O) groups excluding carboxylic acids is 1. The van der Waals surface area contributed by atoms with Gasteiger partial charge in [-0.2, -0.15) is 0 Å². The summed E-state index contributed by atoms with van der Waals surface area (Å²) >= 11 is 0. The van der Waals surface area contributed by atoms with Crippen LogP contribution in [0.2, 0.25) is 0 Å². The lowest BCUT2D eigenvalue weighted by molar-refractivity contribution is -0.129. The highest BCUT2D eigenvalue weighted by atomic mass is 16.5. The lowest BCUT2D eigenvalue weighted by Gasteiger charge is -2.23. The summed E-state index contributed by atoms with van der Waals surface area (Å²) in [6.45, 7) is 5.14. The quantitative estimate of drug-likeness (QED) is 0.653. The molecule has 0 amide bonds. The SMILES string of the molecule is CC(=O)C(C)(C)Oc1ccc(CCCc2cc3ccccc3[nH]2)cc1. The van der Waals surface area contributed by atoms with E-state index in [4.69, 9.17) is 4.74 Å². The standard InChI is InChI=1S/C22H25NO2/c1-16(24)22(2,3)25-20-13-11-17(12-14-20)7-6-9-19-15-18-8-4-5-10-21(18)23-19/h4-5,8,10-15,23H,6-7,9H2,1-3H3. The Morgan fingerprint density at radius 1 is 1.04 bits per heavy atom. The molecule has 0 aliphatic carbocycles. The van der Waals surface area contributed by atoms with Crippen molar-refractivity contribution in [2.24, 2.45) is 0 Å². The number of rotatable bonds is 7. The van der Waals surface area contributed by atoms with E-state index in [2.05, 4.69) is 47.4 Å². The number of aryl methyl sites for hydroxylation is 2. The lowest BCUT2D eigenvalue weighted by Crippen LogP contribution is -2.36. The first-order valence-electron chi connectivity index (χ1n) is 8.80. The van der Waals surface area contributed by atoms with Gasteiger partial charge in [-0.05, 0) is 75.2 Å². The third kappa shape index (κ3) is 4.30. The molecule has 1 aromatic heterocycles. The number of carbonyl (C=O) groups is 1. The molecule has 25 heavy (non-hydrogen) atoms. The molecule has 1 N–H and O–H groups in total. The predicted octanol–water partition coefficient (Wildman–Crippen LogP) is 5.09. The lowest BCUT2D eigenvalue weighted by atomic mass is 10.0. The van der Waals surface area contributed by atoms with Crippen LogP contribution >= 0.6 is 0 Å². The fraction of sp³-hybridized carbons (Fsp3) is 0.318. The summed E-state index contributed by atoms with van der Waals surface area (Å²) in [5.74, 6) is 0.759. The maximum absolute atomic E-state index is 11.5. The third-order valence-electron chi connectivity index (χ3n) is 4.64. The first-order valence-corrected chi connectivity index (χ1v) is 8.80. The molecule has 3 nitrogen and oxygen atoms in total. The van der Waals surface area contributed by atoms with Crippen LogP contribution in [-0.2, 0) is 17.6 Å². The Hall–Kier alpha value is -2.55. The number of ether oxygens (including phenoxy) is 1. The number of hydrogen-bond donors (Lipinski definition) is 1. The number of benzene rings is 2. The fourth-order valence-corrected chi connectivity index (χ4v) is 2.84. The van der Waals surface area contributed by atoms with Crippen LogP contribution in [0.4, 0.5) is 0 Å². The predicted molar refractivity (Wildman–Crippen MR) is 102 cm³/mol. The zero-order valence-corrected chi connectivity index (χ0v) is 15.1. The molecule has 3 aromatic rings. The molecule has 0 saturated heterocycles. The Morgan fingerprint density at radius 3 is 2.44 bits per heavy atom. The molecule has 0 fully saturated rings. The van der Waals surface area contributed by atoms with E-state index in [-0.39, 0.29) is 5.78 Å². The first-order chi connectivity index (χ1) is 11.9. The molecule has 0 aliphatic heterocycles. The van der Waals surface area contributed by atoms with Crippen molar-refractivity contribution in [3.8, 4) is 5.75 Å². The molecule has 3 rings (SSSR count). The van der Waals surface area contributed by atoms with Crippen molar-refractivity contribution in [2.75, 3.05) is 0 Å². The van der Waals surface area contributed by atoms with Gasteiger partial charge < -0.3 is 9.72 Å². The zero-order chi connectivity index (χ0) is 17.9. The number of Topliss-reactive ketones (excluding diaryl/α,β-unsaturated/α-hetero) is 1. The Balaban J connectivity index is 1.54. The highest BCUT2D eigenvalue weighted by Crippen LogP contribution is 2.21. The van der Waals surface area contributed by atoms with Crippen molar-refractivity contribution in [1.82, 2.24) is 4.98 Å². The maximum atomic E-state index is 11.5. The van der Waals surface area contributed by atoms with E-state index < -0.39 is 5.60 Å². The van der Waals surface area contributed by atoms with Crippen molar-refractivity contribution >= 4 is 16.7 Å². The number of ketones is 1. The van der Waals surface area contributed by atoms with Crippen LogP contribution in [0.15, 0.2) is 54.6 Å². The number of aromatic nitrogens is 1. The van der Waals surface area contributed by atoms with Gasteiger partial charge in [0.2, 0.25) is 0 Å². The van der Waals surface area contributed by atoms with Gasteiger partial charge >= 0.3 is 0 Å². The van der Waals surface area contributed by atoms with Gasteiger partial charge in [0.15, 0.2) is 11.4 Å². The highest BCUT2D eigenvalue weighted by molar-refractivity contribution is 5.84. The van der Waals surface area contributed by atoms with Crippen LogP contribution < -0.4 is 4.74 Å².